The number of hydrogen-bond donors (Lipinski definition) is 2. The van der Waals surface area contributed by atoms with Gasteiger partial charge in [-0.2, -0.15) is 0 Å². The quantitative estimate of drug-likeness (QED) is 0.711. The van der Waals surface area contributed by atoms with Crippen molar-refractivity contribution in [3.05, 3.63) is 89.0 Å². The van der Waals surface area contributed by atoms with E-state index in [0.29, 0.717) is 28.2 Å². The molecule has 0 saturated carbocycles. The van der Waals surface area contributed by atoms with Crippen molar-refractivity contribution in [3.8, 4) is 5.69 Å². The average Bonchev–Trinajstić information content (AvgIpc) is 2.95. The van der Waals surface area contributed by atoms with Gasteiger partial charge in [0.25, 0.3) is 11.8 Å². The Balaban J connectivity index is 1.80. The first-order valence-electron chi connectivity index (χ1n) is 8.08. The summed E-state index contributed by atoms with van der Waals surface area (Å²) in [5.41, 5.74) is 7.24. The van der Waals surface area contributed by atoms with Gasteiger partial charge in [-0.3, -0.25) is 20.4 Å². The monoisotopic (exact) mass is 351 g/mol. The molecule has 1 aromatic heterocycles. The molecule has 0 saturated heterocycles. The Kier molecular flexibility index (Phi) is 4.84. The Morgan fingerprint density at radius 3 is 2.19 bits per heavy atom. The number of benzene rings is 2. The highest BCUT2D eigenvalue weighted by Crippen LogP contribution is 2.22. The number of rotatable bonds is 3. The number of aromatic nitrogens is 1. The molecule has 3 rings (SSSR count). The lowest BCUT2D eigenvalue weighted by Gasteiger charge is -2.11. The maximum Gasteiger partial charge on any atom is 0.271 e. The molecule has 0 radical (unpaired) electrons. The first-order valence-corrected chi connectivity index (χ1v) is 8.08. The molecule has 1 heterocycles. The third-order valence-electron chi connectivity index (χ3n) is 4.09. The largest absolute Gasteiger partial charge is 0.315 e. The number of carbonyl (C=O) groups is 2. The van der Waals surface area contributed by atoms with Crippen LogP contribution in [0.4, 0.5) is 4.39 Å². The lowest BCUT2D eigenvalue weighted by molar-refractivity contribution is 0.0846. The van der Waals surface area contributed by atoms with Crippen molar-refractivity contribution in [3.63, 3.8) is 0 Å². The van der Waals surface area contributed by atoms with Gasteiger partial charge in [-0.05, 0) is 44.2 Å². The SMILES string of the molecule is Cc1cc(C(=O)NNC(=O)c2ccccc2)c(C)n1-c1ccccc1F. The molecule has 5 nitrogen and oxygen atoms in total. The topological polar surface area (TPSA) is 63.1 Å². The van der Waals surface area contributed by atoms with Crippen LogP contribution in [0, 0.1) is 19.7 Å². The summed E-state index contributed by atoms with van der Waals surface area (Å²) in [4.78, 5) is 24.5. The van der Waals surface area contributed by atoms with E-state index in [-0.39, 0.29) is 5.82 Å². The van der Waals surface area contributed by atoms with Crippen LogP contribution in [0.1, 0.15) is 32.1 Å². The predicted molar refractivity (Wildman–Crippen MR) is 96.6 cm³/mol. The summed E-state index contributed by atoms with van der Waals surface area (Å²) in [6.07, 6.45) is 0. The van der Waals surface area contributed by atoms with Crippen molar-refractivity contribution in [2.75, 3.05) is 0 Å². The molecule has 0 fully saturated rings. The predicted octanol–water partition coefficient (Wildman–Crippen LogP) is 3.31. The zero-order valence-corrected chi connectivity index (χ0v) is 14.4. The molecule has 0 aliphatic carbocycles. The fourth-order valence-corrected chi connectivity index (χ4v) is 2.84. The molecular formula is C20H18FN3O2. The van der Waals surface area contributed by atoms with E-state index in [2.05, 4.69) is 10.9 Å². The summed E-state index contributed by atoms with van der Waals surface area (Å²) < 4.78 is 15.8. The van der Waals surface area contributed by atoms with E-state index in [1.165, 1.54) is 6.07 Å². The summed E-state index contributed by atoms with van der Waals surface area (Å²) in [7, 11) is 0. The molecule has 0 atom stereocenters. The number of amides is 2. The molecule has 132 valence electrons. The van der Waals surface area contributed by atoms with E-state index in [0.717, 1.165) is 0 Å². The van der Waals surface area contributed by atoms with Gasteiger partial charge in [0.1, 0.15) is 5.82 Å². The van der Waals surface area contributed by atoms with Crippen LogP contribution < -0.4 is 10.9 Å². The second kappa shape index (κ2) is 7.23. The lowest BCUT2D eigenvalue weighted by atomic mass is 10.2. The van der Waals surface area contributed by atoms with Gasteiger partial charge in [-0.25, -0.2) is 4.39 Å². The smallest absolute Gasteiger partial charge is 0.271 e. The molecule has 0 unspecified atom stereocenters. The maximum atomic E-state index is 14.1. The van der Waals surface area contributed by atoms with Crippen molar-refractivity contribution in [1.82, 2.24) is 15.4 Å². The van der Waals surface area contributed by atoms with Crippen LogP contribution in [-0.4, -0.2) is 16.4 Å². The van der Waals surface area contributed by atoms with E-state index in [1.54, 1.807) is 73.0 Å². The van der Waals surface area contributed by atoms with Crippen molar-refractivity contribution in [2.24, 2.45) is 0 Å². The normalized spacial score (nSPS) is 10.4. The molecule has 2 amide bonds. The number of carbonyl (C=O) groups excluding carboxylic acids is 2. The van der Waals surface area contributed by atoms with Gasteiger partial charge < -0.3 is 4.57 Å². The highest BCUT2D eigenvalue weighted by Gasteiger charge is 2.18. The number of nitrogens with zero attached hydrogens (tertiary/aromatic N) is 1. The maximum absolute atomic E-state index is 14.1. The van der Waals surface area contributed by atoms with Crippen LogP contribution in [-0.2, 0) is 0 Å². The second-order valence-corrected chi connectivity index (χ2v) is 5.85. The molecule has 26 heavy (non-hydrogen) atoms. The van der Waals surface area contributed by atoms with Crippen LogP contribution in [0.3, 0.4) is 0 Å². The highest BCUT2D eigenvalue weighted by atomic mass is 19.1. The van der Waals surface area contributed by atoms with Crippen LogP contribution in [0.2, 0.25) is 0 Å². The zero-order chi connectivity index (χ0) is 18.7. The standard InChI is InChI=1S/C20H18FN3O2/c1-13-12-16(14(2)24(13)18-11-7-6-10-17(18)21)20(26)23-22-19(25)15-8-4-3-5-9-15/h3-12H,1-2H3,(H,22,25)(H,23,26). The number of hydrogen-bond acceptors (Lipinski definition) is 2. The fourth-order valence-electron chi connectivity index (χ4n) is 2.84. The van der Waals surface area contributed by atoms with Gasteiger partial charge in [0.2, 0.25) is 0 Å². The lowest BCUT2D eigenvalue weighted by Crippen LogP contribution is -2.41. The third-order valence-corrected chi connectivity index (χ3v) is 4.09. The van der Waals surface area contributed by atoms with Crippen molar-refractivity contribution in [1.29, 1.82) is 0 Å². The van der Waals surface area contributed by atoms with Gasteiger partial charge in [-0.15, -0.1) is 0 Å². The van der Waals surface area contributed by atoms with Gasteiger partial charge in [0.05, 0.1) is 11.3 Å². The second-order valence-electron chi connectivity index (χ2n) is 5.85. The number of para-hydroxylation sites is 1. The number of hydrazine groups is 1. The zero-order valence-electron chi connectivity index (χ0n) is 14.4. The molecule has 2 aromatic carbocycles. The first kappa shape index (κ1) is 17.4. The minimum absolute atomic E-state index is 0.360. The molecule has 0 aliphatic heterocycles. The van der Waals surface area contributed by atoms with Gasteiger partial charge in [-0.1, -0.05) is 30.3 Å². The Hall–Kier alpha value is -3.41. The highest BCUT2D eigenvalue weighted by molar-refractivity contribution is 5.99. The first-order chi connectivity index (χ1) is 12.5. The Labute approximate surface area is 150 Å². The van der Waals surface area contributed by atoms with Gasteiger partial charge >= 0.3 is 0 Å². The minimum atomic E-state index is -0.468. The van der Waals surface area contributed by atoms with E-state index in [1.807, 2.05) is 0 Å². The summed E-state index contributed by atoms with van der Waals surface area (Å²) in [5, 5.41) is 0. The minimum Gasteiger partial charge on any atom is -0.315 e. The van der Waals surface area contributed by atoms with E-state index in [9.17, 15) is 14.0 Å². The molecule has 2 N–H and O–H groups in total. The van der Waals surface area contributed by atoms with Crippen LogP contribution in [0.15, 0.2) is 60.7 Å². The number of nitrogens with one attached hydrogen (secondary N) is 2. The van der Waals surface area contributed by atoms with Gasteiger partial charge in [0.15, 0.2) is 0 Å². The van der Waals surface area contributed by atoms with E-state index >= 15 is 0 Å². The van der Waals surface area contributed by atoms with Crippen molar-refractivity contribution in [2.45, 2.75) is 13.8 Å². The number of aryl methyl sites for hydroxylation is 1. The van der Waals surface area contributed by atoms with Crippen LogP contribution in [0.5, 0.6) is 0 Å². The molecule has 3 aromatic rings. The Morgan fingerprint density at radius 2 is 1.50 bits per heavy atom. The Morgan fingerprint density at radius 1 is 0.885 bits per heavy atom. The number of halogens is 1. The van der Waals surface area contributed by atoms with Crippen molar-refractivity contribution >= 4 is 11.8 Å². The summed E-state index contributed by atoms with van der Waals surface area (Å²) in [6, 6.07) is 16.6. The fraction of sp³-hybridized carbons (Fsp3) is 0.100. The molecular weight excluding hydrogens is 333 g/mol. The average molecular weight is 351 g/mol. The van der Waals surface area contributed by atoms with E-state index in [4.69, 9.17) is 0 Å². The molecule has 0 bridgehead atoms. The van der Waals surface area contributed by atoms with Crippen LogP contribution >= 0.6 is 0 Å². The van der Waals surface area contributed by atoms with E-state index < -0.39 is 11.8 Å². The molecule has 6 heteroatoms. The summed E-state index contributed by atoms with van der Waals surface area (Å²) in [5.74, 6) is -1.26. The summed E-state index contributed by atoms with van der Waals surface area (Å²) in [6.45, 7) is 3.52. The summed E-state index contributed by atoms with van der Waals surface area (Å²) >= 11 is 0. The van der Waals surface area contributed by atoms with Gasteiger partial charge in [0, 0.05) is 17.0 Å². The molecule has 0 aliphatic rings. The van der Waals surface area contributed by atoms with Crippen molar-refractivity contribution < 1.29 is 14.0 Å². The third kappa shape index (κ3) is 3.35. The van der Waals surface area contributed by atoms with Crippen LogP contribution in [0.25, 0.3) is 5.69 Å². The Bertz CT molecular complexity index is 964. The molecule has 0 spiro atoms.